The molecule has 0 radical (unpaired) electrons. The summed E-state index contributed by atoms with van der Waals surface area (Å²) in [6, 6.07) is -0.273. The summed E-state index contributed by atoms with van der Waals surface area (Å²) in [6.45, 7) is 6.28. The Bertz CT molecular complexity index is 209. The molecule has 4 nitrogen and oxygen atoms in total. The van der Waals surface area contributed by atoms with Gasteiger partial charge in [-0.15, -0.1) is 0 Å². The summed E-state index contributed by atoms with van der Waals surface area (Å²) in [4.78, 5) is 12.2. The van der Waals surface area contributed by atoms with Crippen molar-refractivity contribution in [3.63, 3.8) is 0 Å². The van der Waals surface area contributed by atoms with E-state index in [2.05, 4.69) is 0 Å². The van der Waals surface area contributed by atoms with Crippen LogP contribution < -0.4 is 0 Å². The van der Waals surface area contributed by atoms with Gasteiger partial charge in [-0.25, -0.2) is 4.79 Å². The van der Waals surface area contributed by atoms with Gasteiger partial charge in [0.15, 0.2) is 0 Å². The van der Waals surface area contributed by atoms with Crippen LogP contribution in [0.25, 0.3) is 0 Å². The Morgan fingerprint density at radius 2 is 2.00 bits per heavy atom. The van der Waals surface area contributed by atoms with Crippen LogP contribution in [0, 0.1) is 5.41 Å². The van der Waals surface area contributed by atoms with Gasteiger partial charge < -0.3 is 15.1 Å². The van der Waals surface area contributed by atoms with E-state index in [1.807, 2.05) is 20.8 Å². The molecule has 1 rings (SSSR count). The second-order valence-corrected chi connectivity index (χ2v) is 4.64. The van der Waals surface area contributed by atoms with Crippen LogP contribution in [0.3, 0.4) is 0 Å². The SMILES string of the molecule is CC(C)(C)C1[C@@H](O)CCN1C(=O)O. The minimum atomic E-state index is -0.934. The monoisotopic (exact) mass is 187 g/mol. The van der Waals surface area contributed by atoms with Crippen LogP contribution in [0.4, 0.5) is 4.79 Å². The minimum absolute atomic E-state index is 0.200. The molecule has 1 aliphatic rings. The first-order valence-electron chi connectivity index (χ1n) is 4.51. The van der Waals surface area contributed by atoms with Crippen LogP contribution in [-0.2, 0) is 0 Å². The van der Waals surface area contributed by atoms with Gasteiger partial charge in [0.1, 0.15) is 0 Å². The molecule has 1 saturated heterocycles. The number of aliphatic hydroxyl groups is 1. The summed E-state index contributed by atoms with van der Waals surface area (Å²) in [5.74, 6) is 0. The summed E-state index contributed by atoms with van der Waals surface area (Å²) >= 11 is 0. The molecule has 13 heavy (non-hydrogen) atoms. The van der Waals surface area contributed by atoms with Crippen LogP contribution >= 0.6 is 0 Å². The molecule has 0 aromatic rings. The van der Waals surface area contributed by atoms with Crippen molar-refractivity contribution in [3.05, 3.63) is 0 Å². The van der Waals surface area contributed by atoms with E-state index in [1.165, 1.54) is 4.90 Å². The molecule has 1 heterocycles. The lowest BCUT2D eigenvalue weighted by atomic mass is 9.84. The van der Waals surface area contributed by atoms with Crippen LogP contribution in [0.2, 0.25) is 0 Å². The van der Waals surface area contributed by atoms with E-state index in [0.717, 1.165) is 0 Å². The molecular formula is C9H17NO3. The molecule has 2 atom stereocenters. The highest BCUT2D eigenvalue weighted by Crippen LogP contribution is 2.32. The first-order valence-corrected chi connectivity index (χ1v) is 4.51. The lowest BCUT2D eigenvalue weighted by Gasteiger charge is -2.35. The molecule has 1 unspecified atom stereocenters. The van der Waals surface area contributed by atoms with Gasteiger partial charge in [0, 0.05) is 6.54 Å². The third-order valence-corrected chi connectivity index (χ3v) is 2.50. The molecular weight excluding hydrogens is 170 g/mol. The van der Waals surface area contributed by atoms with Gasteiger partial charge in [0.05, 0.1) is 12.1 Å². The van der Waals surface area contributed by atoms with Crippen molar-refractivity contribution in [2.45, 2.75) is 39.3 Å². The second-order valence-electron chi connectivity index (χ2n) is 4.64. The molecule has 0 spiro atoms. The summed E-state index contributed by atoms with van der Waals surface area (Å²) in [5.41, 5.74) is -0.200. The molecule has 0 aliphatic carbocycles. The van der Waals surface area contributed by atoms with Crippen molar-refractivity contribution in [2.24, 2.45) is 5.41 Å². The number of amides is 1. The Morgan fingerprint density at radius 1 is 1.46 bits per heavy atom. The first kappa shape index (κ1) is 10.3. The molecule has 4 heteroatoms. The Balaban J connectivity index is 2.83. The fourth-order valence-corrected chi connectivity index (χ4v) is 2.04. The zero-order valence-electron chi connectivity index (χ0n) is 8.32. The van der Waals surface area contributed by atoms with Crippen molar-refractivity contribution in [1.82, 2.24) is 4.90 Å². The number of aliphatic hydroxyl groups excluding tert-OH is 1. The predicted octanol–water partition coefficient (Wildman–Crippen LogP) is 1.15. The number of carbonyl (C=O) groups is 1. The van der Waals surface area contributed by atoms with Crippen molar-refractivity contribution >= 4 is 6.09 Å². The van der Waals surface area contributed by atoms with E-state index in [0.29, 0.717) is 13.0 Å². The summed E-state index contributed by atoms with van der Waals surface area (Å²) < 4.78 is 0. The first-order chi connectivity index (χ1) is 5.84. The fourth-order valence-electron chi connectivity index (χ4n) is 2.04. The maximum atomic E-state index is 10.8. The number of nitrogens with zero attached hydrogens (tertiary/aromatic N) is 1. The quantitative estimate of drug-likeness (QED) is 0.598. The molecule has 1 aliphatic heterocycles. The Kier molecular flexibility index (Phi) is 2.52. The van der Waals surface area contributed by atoms with Gasteiger partial charge in [-0.3, -0.25) is 0 Å². The maximum Gasteiger partial charge on any atom is 0.407 e. The van der Waals surface area contributed by atoms with Gasteiger partial charge in [0.2, 0.25) is 0 Å². The average molecular weight is 187 g/mol. The van der Waals surface area contributed by atoms with Gasteiger partial charge >= 0.3 is 6.09 Å². The Morgan fingerprint density at radius 3 is 2.31 bits per heavy atom. The van der Waals surface area contributed by atoms with E-state index in [4.69, 9.17) is 5.11 Å². The molecule has 0 aromatic heterocycles. The predicted molar refractivity (Wildman–Crippen MR) is 48.6 cm³/mol. The minimum Gasteiger partial charge on any atom is -0.465 e. The lowest BCUT2D eigenvalue weighted by molar-refractivity contribution is 0.0459. The van der Waals surface area contributed by atoms with E-state index in [1.54, 1.807) is 0 Å². The van der Waals surface area contributed by atoms with E-state index in [9.17, 15) is 9.90 Å². The zero-order valence-corrected chi connectivity index (χ0v) is 8.32. The maximum absolute atomic E-state index is 10.8. The topological polar surface area (TPSA) is 60.8 Å². The Hall–Kier alpha value is -0.770. The number of hydrogen-bond acceptors (Lipinski definition) is 2. The molecule has 0 aromatic carbocycles. The number of carboxylic acid groups (broad SMARTS) is 1. The third kappa shape index (κ3) is 1.94. The third-order valence-electron chi connectivity index (χ3n) is 2.50. The number of likely N-dealkylation sites (tertiary alicyclic amines) is 1. The zero-order chi connectivity index (χ0) is 10.2. The Labute approximate surface area is 78.2 Å². The highest BCUT2D eigenvalue weighted by Gasteiger charge is 2.43. The van der Waals surface area contributed by atoms with E-state index >= 15 is 0 Å². The average Bonchev–Trinajstić information content (AvgIpc) is 2.28. The van der Waals surface area contributed by atoms with Gasteiger partial charge in [-0.2, -0.15) is 0 Å². The number of hydrogen-bond donors (Lipinski definition) is 2. The van der Waals surface area contributed by atoms with Gasteiger partial charge in [0.25, 0.3) is 0 Å². The number of rotatable bonds is 0. The summed E-state index contributed by atoms with van der Waals surface area (Å²) in [7, 11) is 0. The van der Waals surface area contributed by atoms with Crippen LogP contribution in [-0.4, -0.2) is 39.9 Å². The smallest absolute Gasteiger partial charge is 0.407 e. The van der Waals surface area contributed by atoms with E-state index < -0.39 is 12.2 Å². The van der Waals surface area contributed by atoms with E-state index in [-0.39, 0.29) is 11.5 Å². The van der Waals surface area contributed by atoms with Crippen LogP contribution in [0.1, 0.15) is 27.2 Å². The van der Waals surface area contributed by atoms with Crippen LogP contribution in [0.15, 0.2) is 0 Å². The highest BCUT2D eigenvalue weighted by atomic mass is 16.4. The van der Waals surface area contributed by atoms with Gasteiger partial charge in [-0.05, 0) is 11.8 Å². The van der Waals surface area contributed by atoms with Crippen molar-refractivity contribution in [2.75, 3.05) is 6.54 Å². The normalized spacial score (nSPS) is 29.4. The second kappa shape index (κ2) is 3.18. The largest absolute Gasteiger partial charge is 0.465 e. The van der Waals surface area contributed by atoms with Crippen molar-refractivity contribution in [1.29, 1.82) is 0 Å². The summed E-state index contributed by atoms with van der Waals surface area (Å²) in [5, 5.41) is 18.5. The lowest BCUT2D eigenvalue weighted by Crippen LogP contribution is -2.47. The summed E-state index contributed by atoms with van der Waals surface area (Å²) in [6.07, 6.45) is -0.901. The van der Waals surface area contributed by atoms with Crippen molar-refractivity contribution in [3.8, 4) is 0 Å². The molecule has 76 valence electrons. The highest BCUT2D eigenvalue weighted by molar-refractivity contribution is 5.66. The van der Waals surface area contributed by atoms with Crippen LogP contribution in [0.5, 0.6) is 0 Å². The fraction of sp³-hybridized carbons (Fsp3) is 0.889. The van der Waals surface area contributed by atoms with Gasteiger partial charge in [-0.1, -0.05) is 20.8 Å². The molecule has 1 amide bonds. The molecule has 2 N–H and O–H groups in total. The van der Waals surface area contributed by atoms with Crippen molar-refractivity contribution < 1.29 is 15.0 Å². The molecule has 0 bridgehead atoms. The molecule has 1 fully saturated rings. The standard InChI is InChI=1S/C9H17NO3/c1-9(2,3)7-6(11)4-5-10(7)8(12)13/h6-7,11H,4-5H2,1-3H3,(H,12,13)/t6-,7?/m0/s1. The molecule has 0 saturated carbocycles.